The smallest absolute Gasteiger partial charge is 0.274 e. The lowest BCUT2D eigenvalue weighted by Gasteiger charge is -2.03. The molecule has 0 saturated heterocycles. The molecule has 5 nitrogen and oxygen atoms in total. The maximum Gasteiger partial charge on any atom is 0.332 e. The molecule has 16 heavy (non-hydrogen) atoms. The first-order chi connectivity index (χ1) is 7.34. The summed E-state index contributed by atoms with van der Waals surface area (Å²) in [7, 11) is 0. The summed E-state index contributed by atoms with van der Waals surface area (Å²) in [6.45, 7) is 0. The lowest BCUT2D eigenvalue weighted by molar-refractivity contribution is -0.389. The highest BCUT2D eigenvalue weighted by atomic mass is 35.5. The van der Waals surface area contributed by atoms with Crippen LogP contribution < -0.4 is 0 Å². The first-order valence-electron chi connectivity index (χ1n) is 3.67. The Kier molecular flexibility index (Phi) is 3.43. The van der Waals surface area contributed by atoms with E-state index in [1.807, 2.05) is 0 Å². The van der Waals surface area contributed by atoms with E-state index < -0.39 is 39.5 Å². The minimum Gasteiger partial charge on any atom is -0.274 e. The number of hydrogen-bond donors (Lipinski definition) is 0. The van der Waals surface area contributed by atoms with Crippen LogP contribution in [-0.2, 0) is 0 Å². The number of pyridine rings is 1. The molecule has 1 aromatic heterocycles. The number of aromatic nitrogens is 1. The summed E-state index contributed by atoms with van der Waals surface area (Å²) in [5, 5.41) is 9.02. The zero-order chi connectivity index (χ0) is 12.5. The van der Waals surface area contributed by atoms with Crippen molar-refractivity contribution in [2.75, 3.05) is 0 Å². The topological polar surface area (TPSA) is 73.1 Å². The first kappa shape index (κ1) is 12.4. The third-order valence-corrected chi connectivity index (χ3v) is 1.79. The highest BCUT2D eigenvalue weighted by Gasteiger charge is 2.29. The van der Waals surface area contributed by atoms with Gasteiger partial charge in [-0.25, -0.2) is 13.8 Å². The maximum atomic E-state index is 13.0. The Bertz CT molecular complexity index is 466. The number of halogens is 4. The van der Waals surface area contributed by atoms with Gasteiger partial charge in [-0.15, -0.1) is 0 Å². The van der Waals surface area contributed by atoms with Crippen molar-refractivity contribution >= 4 is 22.5 Å². The van der Waals surface area contributed by atoms with Crippen molar-refractivity contribution in [2.45, 2.75) is 6.43 Å². The zero-order valence-electron chi connectivity index (χ0n) is 7.29. The molecular formula is C7H2ClF3N2O3. The second-order valence-corrected chi connectivity index (χ2v) is 2.91. The minimum absolute atomic E-state index is 0.390. The van der Waals surface area contributed by atoms with Crippen molar-refractivity contribution in [3.8, 4) is 0 Å². The van der Waals surface area contributed by atoms with Gasteiger partial charge >= 0.3 is 5.69 Å². The maximum absolute atomic E-state index is 13.0. The van der Waals surface area contributed by atoms with E-state index in [0.29, 0.717) is 6.07 Å². The van der Waals surface area contributed by atoms with E-state index in [2.05, 4.69) is 4.98 Å². The summed E-state index contributed by atoms with van der Waals surface area (Å²) in [6, 6.07) is 0.390. The number of nitrogens with zero attached hydrogens (tertiary/aromatic N) is 2. The van der Waals surface area contributed by atoms with E-state index in [9.17, 15) is 28.1 Å². The third kappa shape index (κ3) is 2.27. The Labute approximate surface area is 91.0 Å². The van der Waals surface area contributed by atoms with Gasteiger partial charge in [-0.3, -0.25) is 14.9 Å². The fourth-order valence-electron chi connectivity index (χ4n) is 0.974. The molecule has 0 amide bonds. The highest BCUT2D eigenvalue weighted by molar-refractivity contribution is 6.67. The van der Waals surface area contributed by atoms with E-state index in [1.54, 1.807) is 0 Å². The molecule has 0 bridgehead atoms. The van der Waals surface area contributed by atoms with E-state index >= 15 is 0 Å². The van der Waals surface area contributed by atoms with Crippen LogP contribution in [0.2, 0.25) is 0 Å². The number of rotatable bonds is 3. The minimum atomic E-state index is -3.31. The standard InChI is InChI=1S/C7H2ClF3N2O3/c8-5(14)3-1-2(6(9)10)4(13(15)16)7(11)12-3/h1,6H. The molecule has 0 aliphatic heterocycles. The van der Waals surface area contributed by atoms with Gasteiger partial charge in [0.1, 0.15) is 11.3 Å². The van der Waals surface area contributed by atoms with Crippen LogP contribution in [-0.4, -0.2) is 15.1 Å². The third-order valence-electron chi connectivity index (χ3n) is 1.60. The highest BCUT2D eigenvalue weighted by Crippen LogP contribution is 2.31. The summed E-state index contributed by atoms with van der Waals surface area (Å²) in [5.41, 5.74) is -3.50. The van der Waals surface area contributed by atoms with Gasteiger partial charge in [-0.05, 0) is 17.7 Å². The average Bonchev–Trinajstić information content (AvgIpc) is 2.15. The number of nitro groups is 1. The van der Waals surface area contributed by atoms with Crippen LogP contribution in [0, 0.1) is 16.1 Å². The second-order valence-electron chi connectivity index (χ2n) is 2.57. The summed E-state index contributed by atoms with van der Waals surface area (Å²) in [5.74, 6) is -1.77. The molecule has 0 aliphatic carbocycles. The molecule has 1 rings (SSSR count). The van der Waals surface area contributed by atoms with Crippen molar-refractivity contribution in [3.63, 3.8) is 0 Å². The van der Waals surface area contributed by atoms with Crippen LogP contribution in [0.15, 0.2) is 6.07 Å². The molecule has 0 aliphatic rings. The number of hydrogen-bond acceptors (Lipinski definition) is 4. The van der Waals surface area contributed by atoms with Crippen LogP contribution >= 0.6 is 11.6 Å². The van der Waals surface area contributed by atoms with E-state index in [-0.39, 0.29) is 0 Å². The average molecular weight is 255 g/mol. The van der Waals surface area contributed by atoms with E-state index in [4.69, 9.17) is 11.6 Å². The predicted octanol–water partition coefficient (Wildman–Crippen LogP) is 2.45. The monoisotopic (exact) mass is 254 g/mol. The van der Waals surface area contributed by atoms with Crippen LogP contribution in [0.3, 0.4) is 0 Å². The van der Waals surface area contributed by atoms with Crippen molar-refractivity contribution in [3.05, 3.63) is 33.4 Å². The second kappa shape index (κ2) is 4.44. The van der Waals surface area contributed by atoms with Gasteiger partial charge in [0.25, 0.3) is 17.6 Å². The summed E-state index contributed by atoms with van der Waals surface area (Å²) in [4.78, 5) is 22.4. The fourth-order valence-corrected chi connectivity index (χ4v) is 1.07. The first-order valence-corrected chi connectivity index (χ1v) is 4.05. The van der Waals surface area contributed by atoms with Gasteiger partial charge in [0.15, 0.2) is 0 Å². The molecule has 86 valence electrons. The lowest BCUT2D eigenvalue weighted by Crippen LogP contribution is -2.06. The van der Waals surface area contributed by atoms with Gasteiger partial charge in [0.2, 0.25) is 0 Å². The van der Waals surface area contributed by atoms with Gasteiger partial charge in [-0.2, -0.15) is 4.39 Å². The van der Waals surface area contributed by atoms with Gasteiger partial charge in [0, 0.05) is 0 Å². The SMILES string of the molecule is O=C(Cl)c1cc(C(F)F)c([N+](=O)[O-])c(F)n1. The fraction of sp³-hybridized carbons (Fsp3) is 0.143. The Balaban J connectivity index is 3.51. The quantitative estimate of drug-likeness (QED) is 0.359. The van der Waals surface area contributed by atoms with Crippen molar-refractivity contribution in [2.24, 2.45) is 0 Å². The molecule has 0 spiro atoms. The predicted molar refractivity (Wildman–Crippen MR) is 46.0 cm³/mol. The molecule has 9 heteroatoms. The molecular weight excluding hydrogens is 253 g/mol. The van der Waals surface area contributed by atoms with Gasteiger partial charge in [-0.1, -0.05) is 0 Å². The Hall–Kier alpha value is -1.70. The number of alkyl halides is 2. The molecule has 1 aromatic rings. The van der Waals surface area contributed by atoms with Crippen LogP contribution in [0.1, 0.15) is 22.5 Å². The summed E-state index contributed by atoms with van der Waals surface area (Å²) < 4.78 is 37.7. The molecule has 0 saturated carbocycles. The largest absolute Gasteiger partial charge is 0.332 e. The van der Waals surface area contributed by atoms with E-state index in [0.717, 1.165) is 0 Å². The molecule has 0 atom stereocenters. The molecule has 0 fully saturated rings. The van der Waals surface area contributed by atoms with Crippen molar-refractivity contribution in [1.29, 1.82) is 0 Å². The number of carbonyl (C=O) groups is 1. The van der Waals surface area contributed by atoms with Crippen LogP contribution in [0.4, 0.5) is 18.9 Å². The molecule has 0 unspecified atom stereocenters. The molecule has 0 aromatic carbocycles. The molecule has 1 heterocycles. The van der Waals surface area contributed by atoms with Crippen LogP contribution in [0.25, 0.3) is 0 Å². The molecule has 0 radical (unpaired) electrons. The summed E-state index contributed by atoms with van der Waals surface area (Å²) >= 11 is 4.90. The van der Waals surface area contributed by atoms with Crippen LogP contribution in [0.5, 0.6) is 0 Å². The van der Waals surface area contributed by atoms with Crippen molar-refractivity contribution in [1.82, 2.24) is 4.98 Å². The Morgan fingerprint density at radius 1 is 1.56 bits per heavy atom. The van der Waals surface area contributed by atoms with E-state index in [1.165, 1.54) is 0 Å². The zero-order valence-corrected chi connectivity index (χ0v) is 8.04. The number of carbonyl (C=O) groups excluding carboxylic acids is 1. The Morgan fingerprint density at radius 2 is 2.12 bits per heavy atom. The molecule has 0 N–H and O–H groups in total. The normalized spacial score (nSPS) is 10.6. The lowest BCUT2D eigenvalue weighted by atomic mass is 10.2. The summed E-state index contributed by atoms with van der Waals surface area (Å²) in [6.07, 6.45) is -3.31. The Morgan fingerprint density at radius 3 is 2.50 bits per heavy atom. The van der Waals surface area contributed by atoms with Gasteiger partial charge < -0.3 is 0 Å². The van der Waals surface area contributed by atoms with Gasteiger partial charge in [0.05, 0.1) is 4.92 Å². The van der Waals surface area contributed by atoms with Crippen molar-refractivity contribution < 1.29 is 22.9 Å².